The van der Waals surface area contributed by atoms with Crippen molar-refractivity contribution in [2.75, 3.05) is 6.54 Å². The molecular weight excluding hydrogens is 112 g/mol. The quantitative estimate of drug-likeness (QED) is 0.554. The number of aliphatic imine (C=N–C) groups is 1. The monoisotopic (exact) mass is 126 g/mol. The Labute approximate surface area is 56.4 Å². The van der Waals surface area contributed by atoms with Gasteiger partial charge in [0.25, 0.3) is 0 Å². The maximum absolute atomic E-state index is 3.92. The Bertz CT molecular complexity index is 101. The topological polar surface area (TPSA) is 24.4 Å². The van der Waals surface area contributed by atoms with Crippen LogP contribution < -0.4 is 5.32 Å². The van der Waals surface area contributed by atoms with Crippen LogP contribution in [0, 0.1) is 0 Å². The molecule has 52 valence electrons. The van der Waals surface area contributed by atoms with Gasteiger partial charge < -0.3 is 5.32 Å². The molecule has 1 N–H and O–H groups in total. The summed E-state index contributed by atoms with van der Waals surface area (Å²) in [6.07, 6.45) is 2.41. The highest BCUT2D eigenvalue weighted by atomic mass is 15.0. The maximum atomic E-state index is 3.92. The standard InChI is InChI=1S/C7H14N2/c1-3-4-9-7-5-6(7)8-2/h6-7,9H,2-5H2,1H3/t6-,7-/m0/s1. The van der Waals surface area contributed by atoms with Crippen molar-refractivity contribution in [3.63, 3.8) is 0 Å². The lowest BCUT2D eigenvalue weighted by atomic mass is 10.5. The Balaban J connectivity index is 1.98. The van der Waals surface area contributed by atoms with Crippen LogP contribution in [0.5, 0.6) is 0 Å². The number of hydrogen-bond donors (Lipinski definition) is 1. The van der Waals surface area contributed by atoms with Crippen LogP contribution in [-0.4, -0.2) is 25.3 Å². The van der Waals surface area contributed by atoms with E-state index in [1.165, 1.54) is 12.8 Å². The number of nitrogens with one attached hydrogen (secondary N) is 1. The highest BCUT2D eigenvalue weighted by Gasteiger charge is 2.34. The number of rotatable bonds is 4. The maximum Gasteiger partial charge on any atom is 0.0661 e. The normalized spacial score (nSPS) is 32.1. The summed E-state index contributed by atoms with van der Waals surface area (Å²) >= 11 is 0. The van der Waals surface area contributed by atoms with Crippen LogP contribution in [0.25, 0.3) is 0 Å². The zero-order valence-electron chi connectivity index (χ0n) is 5.93. The second-order valence-corrected chi connectivity index (χ2v) is 2.55. The first-order chi connectivity index (χ1) is 4.38. The van der Waals surface area contributed by atoms with Crippen molar-refractivity contribution in [1.82, 2.24) is 5.32 Å². The van der Waals surface area contributed by atoms with E-state index in [0.29, 0.717) is 12.1 Å². The third-order valence-electron chi connectivity index (χ3n) is 1.65. The lowest BCUT2D eigenvalue weighted by Gasteiger charge is -1.96. The lowest BCUT2D eigenvalue weighted by molar-refractivity contribution is 0.657. The Morgan fingerprint density at radius 1 is 1.78 bits per heavy atom. The van der Waals surface area contributed by atoms with Gasteiger partial charge in [0.1, 0.15) is 0 Å². The average molecular weight is 126 g/mol. The first-order valence-corrected chi connectivity index (χ1v) is 3.57. The van der Waals surface area contributed by atoms with E-state index in [4.69, 9.17) is 0 Å². The van der Waals surface area contributed by atoms with Gasteiger partial charge in [0, 0.05) is 6.04 Å². The second-order valence-electron chi connectivity index (χ2n) is 2.55. The Kier molecular flexibility index (Phi) is 2.22. The summed E-state index contributed by atoms with van der Waals surface area (Å²) in [7, 11) is 0. The van der Waals surface area contributed by atoms with E-state index >= 15 is 0 Å². The molecule has 1 rings (SSSR count). The smallest absolute Gasteiger partial charge is 0.0661 e. The van der Waals surface area contributed by atoms with Crippen molar-refractivity contribution >= 4 is 6.72 Å². The van der Waals surface area contributed by atoms with E-state index in [2.05, 4.69) is 24.0 Å². The SMILES string of the molecule is C=N[C@H]1C[C@@H]1NCCC. The van der Waals surface area contributed by atoms with E-state index in [1.54, 1.807) is 0 Å². The zero-order chi connectivity index (χ0) is 6.69. The van der Waals surface area contributed by atoms with Crippen LogP contribution >= 0.6 is 0 Å². The fraction of sp³-hybridized carbons (Fsp3) is 0.857. The van der Waals surface area contributed by atoms with E-state index in [-0.39, 0.29) is 0 Å². The predicted octanol–water partition coefficient (Wildman–Crippen LogP) is 0.828. The summed E-state index contributed by atoms with van der Waals surface area (Å²) in [5.74, 6) is 0. The molecule has 0 bridgehead atoms. The molecule has 0 aromatic carbocycles. The molecule has 9 heavy (non-hydrogen) atoms. The van der Waals surface area contributed by atoms with E-state index in [9.17, 15) is 0 Å². The summed E-state index contributed by atoms with van der Waals surface area (Å²) < 4.78 is 0. The molecule has 0 spiro atoms. The van der Waals surface area contributed by atoms with Gasteiger partial charge in [-0.3, -0.25) is 4.99 Å². The molecule has 0 aromatic heterocycles. The molecule has 0 radical (unpaired) electrons. The molecule has 0 saturated heterocycles. The zero-order valence-corrected chi connectivity index (χ0v) is 5.93. The van der Waals surface area contributed by atoms with E-state index < -0.39 is 0 Å². The average Bonchev–Trinajstić information content (AvgIpc) is 2.62. The Morgan fingerprint density at radius 3 is 3.00 bits per heavy atom. The first-order valence-electron chi connectivity index (χ1n) is 3.57. The van der Waals surface area contributed by atoms with Gasteiger partial charge >= 0.3 is 0 Å². The van der Waals surface area contributed by atoms with E-state index in [0.717, 1.165) is 6.54 Å². The fourth-order valence-electron chi connectivity index (χ4n) is 0.932. The highest BCUT2D eigenvalue weighted by Crippen LogP contribution is 2.24. The van der Waals surface area contributed by atoms with Crippen molar-refractivity contribution in [3.8, 4) is 0 Å². The molecule has 1 fully saturated rings. The van der Waals surface area contributed by atoms with Crippen LogP contribution in [0.2, 0.25) is 0 Å². The van der Waals surface area contributed by atoms with Crippen molar-refractivity contribution in [2.24, 2.45) is 4.99 Å². The van der Waals surface area contributed by atoms with Crippen molar-refractivity contribution < 1.29 is 0 Å². The second kappa shape index (κ2) is 2.97. The largest absolute Gasteiger partial charge is 0.312 e. The lowest BCUT2D eigenvalue weighted by Crippen LogP contribution is -2.19. The minimum Gasteiger partial charge on any atom is -0.312 e. The van der Waals surface area contributed by atoms with Crippen LogP contribution in [-0.2, 0) is 0 Å². The molecule has 2 atom stereocenters. The van der Waals surface area contributed by atoms with Gasteiger partial charge in [-0.25, -0.2) is 0 Å². The molecule has 1 saturated carbocycles. The van der Waals surface area contributed by atoms with Gasteiger partial charge in [-0.05, 0) is 26.1 Å². The molecule has 0 unspecified atom stereocenters. The molecule has 0 aromatic rings. The summed E-state index contributed by atoms with van der Waals surface area (Å²) in [6.45, 7) is 6.79. The van der Waals surface area contributed by atoms with E-state index in [1.807, 2.05) is 0 Å². The predicted molar refractivity (Wildman–Crippen MR) is 40.0 cm³/mol. The molecule has 0 amide bonds. The summed E-state index contributed by atoms with van der Waals surface area (Å²) in [6, 6.07) is 1.18. The summed E-state index contributed by atoms with van der Waals surface area (Å²) in [5.41, 5.74) is 0. The Hall–Kier alpha value is -0.370. The van der Waals surface area contributed by atoms with Gasteiger partial charge in [0.2, 0.25) is 0 Å². The van der Waals surface area contributed by atoms with Crippen molar-refractivity contribution in [3.05, 3.63) is 0 Å². The van der Waals surface area contributed by atoms with Gasteiger partial charge in [-0.2, -0.15) is 0 Å². The third-order valence-corrected chi connectivity index (χ3v) is 1.65. The van der Waals surface area contributed by atoms with Gasteiger partial charge in [0.05, 0.1) is 6.04 Å². The molecule has 1 aliphatic carbocycles. The van der Waals surface area contributed by atoms with Gasteiger partial charge in [0.15, 0.2) is 0 Å². The van der Waals surface area contributed by atoms with Crippen LogP contribution in [0.4, 0.5) is 0 Å². The minimum absolute atomic E-state index is 0.525. The van der Waals surface area contributed by atoms with Crippen molar-refractivity contribution in [2.45, 2.75) is 31.8 Å². The van der Waals surface area contributed by atoms with Gasteiger partial charge in [-0.1, -0.05) is 6.92 Å². The first kappa shape index (κ1) is 6.75. The molecule has 0 aliphatic heterocycles. The Morgan fingerprint density at radius 2 is 2.56 bits per heavy atom. The van der Waals surface area contributed by atoms with Crippen LogP contribution in [0.15, 0.2) is 4.99 Å². The highest BCUT2D eigenvalue weighted by molar-refractivity contribution is 5.27. The van der Waals surface area contributed by atoms with Crippen molar-refractivity contribution in [1.29, 1.82) is 0 Å². The van der Waals surface area contributed by atoms with Crippen LogP contribution in [0.3, 0.4) is 0 Å². The molecule has 1 aliphatic rings. The molecule has 2 nitrogen and oxygen atoms in total. The molecular formula is C7H14N2. The molecule has 2 heteroatoms. The summed E-state index contributed by atoms with van der Waals surface area (Å²) in [4.78, 5) is 3.92. The molecule has 0 heterocycles. The summed E-state index contributed by atoms with van der Waals surface area (Å²) in [5, 5.41) is 3.37. The number of nitrogens with zero attached hydrogens (tertiary/aromatic N) is 1. The third kappa shape index (κ3) is 1.79. The number of hydrogen-bond acceptors (Lipinski definition) is 2. The van der Waals surface area contributed by atoms with Crippen LogP contribution in [0.1, 0.15) is 19.8 Å². The fourth-order valence-corrected chi connectivity index (χ4v) is 0.932. The van der Waals surface area contributed by atoms with Gasteiger partial charge in [-0.15, -0.1) is 0 Å². The minimum atomic E-state index is 0.525.